The molecule has 0 fully saturated rings. The van der Waals surface area contributed by atoms with Crippen molar-refractivity contribution < 1.29 is 9.84 Å². The van der Waals surface area contributed by atoms with Gasteiger partial charge in [0.2, 0.25) is 0 Å². The van der Waals surface area contributed by atoms with E-state index < -0.39 is 0 Å². The van der Waals surface area contributed by atoms with E-state index in [1.165, 1.54) is 5.56 Å². The van der Waals surface area contributed by atoms with Crippen LogP contribution in [0, 0.1) is 5.92 Å². The van der Waals surface area contributed by atoms with Gasteiger partial charge in [-0.25, -0.2) is 0 Å². The van der Waals surface area contributed by atoms with Crippen LogP contribution in [0.2, 0.25) is 0 Å². The molecular formula is C16H27NO2. The molecule has 0 radical (unpaired) electrons. The van der Waals surface area contributed by atoms with Crippen LogP contribution in [0.3, 0.4) is 0 Å². The molecule has 1 aromatic rings. The quantitative estimate of drug-likeness (QED) is 0.796. The second-order valence-corrected chi connectivity index (χ2v) is 5.64. The highest BCUT2D eigenvalue weighted by Crippen LogP contribution is 2.24. The first-order valence-electron chi connectivity index (χ1n) is 7.00. The van der Waals surface area contributed by atoms with Gasteiger partial charge in [-0.15, -0.1) is 0 Å². The first-order valence-corrected chi connectivity index (χ1v) is 7.00. The van der Waals surface area contributed by atoms with Gasteiger partial charge >= 0.3 is 0 Å². The van der Waals surface area contributed by atoms with E-state index in [0.717, 1.165) is 11.3 Å². The fourth-order valence-corrected chi connectivity index (χ4v) is 2.05. The summed E-state index contributed by atoms with van der Waals surface area (Å²) in [7, 11) is 1.69. The summed E-state index contributed by atoms with van der Waals surface area (Å²) in [4.78, 5) is 0. The third-order valence-electron chi connectivity index (χ3n) is 3.53. The van der Waals surface area contributed by atoms with Gasteiger partial charge in [0.1, 0.15) is 5.75 Å². The average molecular weight is 265 g/mol. The van der Waals surface area contributed by atoms with Crippen LogP contribution in [0.25, 0.3) is 0 Å². The van der Waals surface area contributed by atoms with Crippen LogP contribution in [0.5, 0.6) is 5.75 Å². The van der Waals surface area contributed by atoms with Crippen molar-refractivity contribution in [3.63, 3.8) is 0 Å². The van der Waals surface area contributed by atoms with Gasteiger partial charge in [0.25, 0.3) is 0 Å². The van der Waals surface area contributed by atoms with Gasteiger partial charge in [-0.2, -0.15) is 0 Å². The Labute approximate surface area is 117 Å². The molecule has 2 N–H and O–H groups in total. The molecule has 3 heteroatoms. The minimum absolute atomic E-state index is 0.118. The van der Waals surface area contributed by atoms with Crippen LogP contribution in [0.15, 0.2) is 18.2 Å². The fraction of sp³-hybridized carbons (Fsp3) is 0.625. The first kappa shape index (κ1) is 16.0. The van der Waals surface area contributed by atoms with Crippen molar-refractivity contribution in [2.45, 2.75) is 46.2 Å². The van der Waals surface area contributed by atoms with E-state index in [1.807, 2.05) is 6.07 Å². The standard InChI is InChI=1S/C16H27NO2/c1-11(2)13-6-7-16(19-5)14(8-13)9-17-15(10-18)12(3)4/h6-8,11-12,15,17-18H,9-10H2,1-5H3. The summed E-state index contributed by atoms with van der Waals surface area (Å²) in [6, 6.07) is 6.44. The minimum Gasteiger partial charge on any atom is -0.496 e. The summed E-state index contributed by atoms with van der Waals surface area (Å²) in [5.74, 6) is 1.81. The van der Waals surface area contributed by atoms with Gasteiger partial charge in [0.15, 0.2) is 0 Å². The summed E-state index contributed by atoms with van der Waals surface area (Å²) in [5, 5.41) is 12.7. The Morgan fingerprint density at radius 1 is 1.21 bits per heavy atom. The number of ether oxygens (including phenoxy) is 1. The monoisotopic (exact) mass is 265 g/mol. The van der Waals surface area contributed by atoms with Gasteiger partial charge in [0.05, 0.1) is 13.7 Å². The summed E-state index contributed by atoms with van der Waals surface area (Å²) >= 11 is 0. The second-order valence-electron chi connectivity index (χ2n) is 5.64. The zero-order chi connectivity index (χ0) is 14.4. The third kappa shape index (κ3) is 4.51. The molecule has 3 nitrogen and oxygen atoms in total. The van der Waals surface area contributed by atoms with Crippen LogP contribution in [0.1, 0.15) is 44.7 Å². The molecular weight excluding hydrogens is 238 g/mol. The Kier molecular flexibility index (Phi) is 6.32. The molecule has 1 unspecified atom stereocenters. The molecule has 0 saturated heterocycles. The molecule has 19 heavy (non-hydrogen) atoms. The normalized spacial score (nSPS) is 13.1. The van der Waals surface area contributed by atoms with E-state index >= 15 is 0 Å². The molecule has 1 rings (SSSR count). The van der Waals surface area contributed by atoms with Crippen molar-refractivity contribution >= 4 is 0 Å². The number of methoxy groups -OCH3 is 1. The molecule has 0 aliphatic carbocycles. The molecule has 0 saturated carbocycles. The van der Waals surface area contributed by atoms with Crippen LogP contribution in [0.4, 0.5) is 0 Å². The molecule has 1 atom stereocenters. The Morgan fingerprint density at radius 3 is 2.37 bits per heavy atom. The largest absolute Gasteiger partial charge is 0.496 e. The molecule has 0 aliphatic heterocycles. The lowest BCUT2D eigenvalue weighted by molar-refractivity contribution is 0.209. The third-order valence-corrected chi connectivity index (χ3v) is 3.53. The summed E-state index contributed by atoms with van der Waals surface area (Å²) < 4.78 is 5.40. The first-order chi connectivity index (χ1) is 8.99. The van der Waals surface area contributed by atoms with Crippen molar-refractivity contribution in [3.8, 4) is 5.75 Å². The number of benzene rings is 1. The van der Waals surface area contributed by atoms with Crippen LogP contribution >= 0.6 is 0 Å². The number of rotatable bonds is 7. The summed E-state index contributed by atoms with van der Waals surface area (Å²) in [6.45, 7) is 9.45. The van der Waals surface area contributed by atoms with Gasteiger partial charge in [0, 0.05) is 18.2 Å². The van der Waals surface area contributed by atoms with Gasteiger partial charge in [-0.3, -0.25) is 0 Å². The Hall–Kier alpha value is -1.06. The van der Waals surface area contributed by atoms with E-state index in [1.54, 1.807) is 7.11 Å². The maximum atomic E-state index is 9.35. The molecule has 0 aliphatic rings. The van der Waals surface area contributed by atoms with Crippen molar-refractivity contribution in [2.24, 2.45) is 5.92 Å². The van der Waals surface area contributed by atoms with Crippen molar-refractivity contribution in [3.05, 3.63) is 29.3 Å². The molecule has 0 aromatic heterocycles. The average Bonchev–Trinajstić information content (AvgIpc) is 2.38. The maximum Gasteiger partial charge on any atom is 0.123 e. The Morgan fingerprint density at radius 2 is 1.89 bits per heavy atom. The number of nitrogens with one attached hydrogen (secondary N) is 1. The maximum absolute atomic E-state index is 9.35. The molecule has 108 valence electrons. The highest BCUT2D eigenvalue weighted by Gasteiger charge is 2.13. The van der Waals surface area contributed by atoms with Crippen molar-refractivity contribution in [1.29, 1.82) is 0 Å². The molecule has 0 heterocycles. The molecule has 0 spiro atoms. The lowest BCUT2D eigenvalue weighted by atomic mass is 9.99. The summed E-state index contributed by atoms with van der Waals surface area (Å²) in [6.07, 6.45) is 0. The molecule has 0 amide bonds. The van der Waals surface area contributed by atoms with Gasteiger partial charge < -0.3 is 15.2 Å². The van der Waals surface area contributed by atoms with Crippen molar-refractivity contribution in [2.75, 3.05) is 13.7 Å². The number of hydrogen-bond acceptors (Lipinski definition) is 3. The van der Waals surface area contributed by atoms with E-state index in [4.69, 9.17) is 4.74 Å². The fourth-order valence-electron chi connectivity index (χ4n) is 2.05. The Bertz CT molecular complexity index is 388. The number of aliphatic hydroxyl groups excluding tert-OH is 1. The topological polar surface area (TPSA) is 41.5 Å². The van der Waals surface area contributed by atoms with E-state index in [2.05, 4.69) is 45.1 Å². The van der Waals surface area contributed by atoms with Crippen LogP contribution in [-0.4, -0.2) is 24.9 Å². The van der Waals surface area contributed by atoms with Crippen LogP contribution < -0.4 is 10.1 Å². The predicted molar refractivity (Wildman–Crippen MR) is 79.6 cm³/mol. The van der Waals surface area contributed by atoms with E-state index in [9.17, 15) is 5.11 Å². The lowest BCUT2D eigenvalue weighted by Crippen LogP contribution is -2.36. The van der Waals surface area contributed by atoms with Gasteiger partial charge in [-0.1, -0.05) is 39.8 Å². The summed E-state index contributed by atoms with van der Waals surface area (Å²) in [5.41, 5.74) is 2.45. The smallest absolute Gasteiger partial charge is 0.123 e. The zero-order valence-corrected chi connectivity index (χ0v) is 12.7. The molecule has 0 bridgehead atoms. The number of hydrogen-bond donors (Lipinski definition) is 2. The van der Waals surface area contributed by atoms with Gasteiger partial charge in [-0.05, 0) is 23.5 Å². The predicted octanol–water partition coefficient (Wildman–Crippen LogP) is 2.93. The Balaban J connectivity index is 2.83. The van der Waals surface area contributed by atoms with E-state index in [0.29, 0.717) is 18.4 Å². The minimum atomic E-state index is 0.118. The van der Waals surface area contributed by atoms with E-state index in [-0.39, 0.29) is 12.6 Å². The van der Waals surface area contributed by atoms with Crippen molar-refractivity contribution in [1.82, 2.24) is 5.32 Å². The molecule has 1 aromatic carbocycles. The highest BCUT2D eigenvalue weighted by atomic mass is 16.5. The second kappa shape index (κ2) is 7.51. The lowest BCUT2D eigenvalue weighted by Gasteiger charge is -2.21. The SMILES string of the molecule is COc1ccc(C(C)C)cc1CNC(CO)C(C)C. The zero-order valence-electron chi connectivity index (χ0n) is 12.7. The highest BCUT2D eigenvalue weighted by molar-refractivity contribution is 5.38. The number of aliphatic hydroxyl groups is 1. The van der Waals surface area contributed by atoms with Crippen LogP contribution in [-0.2, 0) is 6.54 Å².